The van der Waals surface area contributed by atoms with Crippen LogP contribution in [0.2, 0.25) is 0 Å². The molecule has 7 heteroatoms. The number of phenols is 1. The summed E-state index contributed by atoms with van der Waals surface area (Å²) in [5.41, 5.74) is 9.97. The van der Waals surface area contributed by atoms with E-state index in [1.54, 1.807) is 25.1 Å². The normalized spacial score (nSPS) is 11.1. The molecule has 0 radical (unpaired) electrons. The molecule has 0 unspecified atom stereocenters. The van der Waals surface area contributed by atoms with E-state index in [1.807, 2.05) is 0 Å². The minimum atomic E-state index is -1.00. The number of hydrazone groups is 1. The molecule has 0 heterocycles. The number of carboxylic acids is 1. The summed E-state index contributed by atoms with van der Waals surface area (Å²) in [6.07, 6.45) is 0. The highest BCUT2D eigenvalue weighted by Gasteiger charge is 2.09. The van der Waals surface area contributed by atoms with Crippen LogP contribution in [0.3, 0.4) is 0 Å². The number of aromatic carboxylic acids is 1. The fourth-order valence-electron chi connectivity index (χ4n) is 1.86. The van der Waals surface area contributed by atoms with E-state index < -0.39 is 11.9 Å². The van der Waals surface area contributed by atoms with Crippen LogP contribution in [0.15, 0.2) is 47.6 Å². The number of aromatic hydroxyl groups is 1. The summed E-state index contributed by atoms with van der Waals surface area (Å²) in [7, 11) is 0. The zero-order chi connectivity index (χ0) is 17.0. The third-order valence-electron chi connectivity index (χ3n) is 3.16. The zero-order valence-electron chi connectivity index (χ0n) is 12.3. The van der Waals surface area contributed by atoms with Crippen molar-refractivity contribution in [2.24, 2.45) is 10.8 Å². The number of nitrogens with zero attached hydrogens (tertiary/aromatic N) is 1. The molecule has 2 aromatic carbocycles. The molecule has 0 fully saturated rings. The van der Waals surface area contributed by atoms with Crippen LogP contribution < -0.4 is 11.2 Å². The molecule has 0 bridgehead atoms. The summed E-state index contributed by atoms with van der Waals surface area (Å²) in [5.74, 6) is -1.92. The molecule has 2 aromatic rings. The number of carboxylic acid groups (broad SMARTS) is 1. The Hall–Kier alpha value is -3.35. The first-order valence-electron chi connectivity index (χ1n) is 6.65. The highest BCUT2D eigenvalue weighted by Crippen LogP contribution is 2.18. The maximum atomic E-state index is 11.2. The summed E-state index contributed by atoms with van der Waals surface area (Å²) in [6.45, 7) is 1.72. The molecule has 0 aliphatic rings. The molecule has 0 saturated heterocycles. The molecule has 0 spiro atoms. The van der Waals surface area contributed by atoms with E-state index in [1.165, 1.54) is 24.3 Å². The SMILES string of the molecule is C/C(=N\Nc1ccc(C(=O)O)cc1)c1ccc(O)c(C(N)=O)c1. The highest BCUT2D eigenvalue weighted by atomic mass is 16.4. The van der Waals surface area contributed by atoms with Crippen LogP contribution in [0.25, 0.3) is 0 Å². The Morgan fingerprint density at radius 2 is 1.70 bits per heavy atom. The van der Waals surface area contributed by atoms with Gasteiger partial charge in [0.1, 0.15) is 5.75 Å². The lowest BCUT2D eigenvalue weighted by Crippen LogP contribution is -2.12. The van der Waals surface area contributed by atoms with Crippen molar-refractivity contribution in [2.75, 3.05) is 5.43 Å². The van der Waals surface area contributed by atoms with Gasteiger partial charge in [-0.05, 0) is 55.0 Å². The van der Waals surface area contributed by atoms with Crippen LogP contribution in [-0.4, -0.2) is 27.8 Å². The van der Waals surface area contributed by atoms with Crippen LogP contribution in [0.1, 0.15) is 33.2 Å². The number of hydrogen-bond acceptors (Lipinski definition) is 5. The van der Waals surface area contributed by atoms with Crippen molar-refractivity contribution in [1.29, 1.82) is 0 Å². The van der Waals surface area contributed by atoms with E-state index in [2.05, 4.69) is 10.5 Å². The molecular weight excluding hydrogens is 298 g/mol. The summed E-state index contributed by atoms with van der Waals surface area (Å²) >= 11 is 0. The lowest BCUT2D eigenvalue weighted by Gasteiger charge is -2.06. The fourth-order valence-corrected chi connectivity index (χ4v) is 1.86. The molecule has 23 heavy (non-hydrogen) atoms. The molecule has 0 aromatic heterocycles. The van der Waals surface area contributed by atoms with Crippen molar-refractivity contribution < 1.29 is 19.8 Å². The molecule has 1 amide bonds. The number of hydrogen-bond donors (Lipinski definition) is 4. The van der Waals surface area contributed by atoms with Gasteiger partial charge in [0.05, 0.1) is 22.5 Å². The minimum Gasteiger partial charge on any atom is -0.507 e. The smallest absolute Gasteiger partial charge is 0.335 e. The predicted octanol–water partition coefficient (Wildman–Crippen LogP) is 2.03. The van der Waals surface area contributed by atoms with Gasteiger partial charge in [-0.25, -0.2) is 4.79 Å². The van der Waals surface area contributed by atoms with E-state index >= 15 is 0 Å². The molecule has 0 aliphatic heterocycles. The minimum absolute atomic E-state index is 0.0165. The molecule has 118 valence electrons. The van der Waals surface area contributed by atoms with Gasteiger partial charge in [0.2, 0.25) is 0 Å². The summed E-state index contributed by atoms with van der Waals surface area (Å²) in [5, 5.41) is 22.5. The lowest BCUT2D eigenvalue weighted by molar-refractivity contribution is 0.0696. The quantitative estimate of drug-likeness (QED) is 0.496. The van der Waals surface area contributed by atoms with E-state index in [9.17, 15) is 14.7 Å². The Bertz CT molecular complexity index is 782. The second kappa shape index (κ2) is 6.61. The Labute approximate surface area is 132 Å². The van der Waals surface area contributed by atoms with Gasteiger partial charge in [0.15, 0.2) is 0 Å². The van der Waals surface area contributed by atoms with Crippen LogP contribution in [0, 0.1) is 0 Å². The molecule has 0 saturated carbocycles. The molecular formula is C16H15N3O4. The Morgan fingerprint density at radius 1 is 1.09 bits per heavy atom. The van der Waals surface area contributed by atoms with Crippen LogP contribution >= 0.6 is 0 Å². The number of rotatable bonds is 5. The van der Waals surface area contributed by atoms with Gasteiger partial charge in [-0.2, -0.15) is 5.10 Å². The van der Waals surface area contributed by atoms with Crippen molar-refractivity contribution >= 4 is 23.3 Å². The second-order valence-corrected chi connectivity index (χ2v) is 4.79. The number of carbonyl (C=O) groups is 2. The first kappa shape index (κ1) is 16.0. The number of carbonyl (C=O) groups excluding carboxylic acids is 1. The first-order valence-corrected chi connectivity index (χ1v) is 6.65. The Kier molecular flexibility index (Phi) is 4.61. The molecule has 5 N–H and O–H groups in total. The number of benzene rings is 2. The largest absolute Gasteiger partial charge is 0.507 e. The number of amides is 1. The number of anilines is 1. The van der Waals surface area contributed by atoms with Crippen molar-refractivity contribution in [2.45, 2.75) is 6.92 Å². The summed E-state index contributed by atoms with van der Waals surface area (Å²) in [4.78, 5) is 22.0. The van der Waals surface area contributed by atoms with E-state index in [4.69, 9.17) is 10.8 Å². The average Bonchev–Trinajstić information content (AvgIpc) is 2.53. The van der Waals surface area contributed by atoms with Gasteiger partial charge in [-0.15, -0.1) is 0 Å². The predicted molar refractivity (Wildman–Crippen MR) is 85.9 cm³/mol. The van der Waals surface area contributed by atoms with Gasteiger partial charge in [-0.3, -0.25) is 10.2 Å². The number of nitrogens with two attached hydrogens (primary N) is 1. The van der Waals surface area contributed by atoms with E-state index in [0.717, 1.165) is 0 Å². The van der Waals surface area contributed by atoms with Crippen molar-refractivity contribution in [3.63, 3.8) is 0 Å². The fraction of sp³-hybridized carbons (Fsp3) is 0.0625. The molecule has 0 aliphatic carbocycles. The third-order valence-corrected chi connectivity index (χ3v) is 3.16. The van der Waals surface area contributed by atoms with E-state index in [-0.39, 0.29) is 16.9 Å². The standard InChI is InChI=1S/C16H15N3O4/c1-9(11-4-7-14(20)13(8-11)15(17)21)18-19-12-5-2-10(3-6-12)16(22)23/h2-8,19-20H,1H3,(H2,17,21)(H,22,23)/b18-9+. The zero-order valence-corrected chi connectivity index (χ0v) is 12.3. The maximum Gasteiger partial charge on any atom is 0.335 e. The van der Waals surface area contributed by atoms with Gasteiger partial charge < -0.3 is 15.9 Å². The Morgan fingerprint density at radius 3 is 2.26 bits per heavy atom. The monoisotopic (exact) mass is 313 g/mol. The van der Waals surface area contributed by atoms with Crippen LogP contribution in [0.5, 0.6) is 5.75 Å². The van der Waals surface area contributed by atoms with Crippen molar-refractivity contribution in [1.82, 2.24) is 0 Å². The van der Waals surface area contributed by atoms with Gasteiger partial charge in [0.25, 0.3) is 5.91 Å². The van der Waals surface area contributed by atoms with Gasteiger partial charge in [-0.1, -0.05) is 0 Å². The number of primary amides is 1. The molecule has 7 nitrogen and oxygen atoms in total. The highest BCUT2D eigenvalue weighted by molar-refractivity contribution is 6.03. The Balaban J connectivity index is 2.18. The topological polar surface area (TPSA) is 125 Å². The van der Waals surface area contributed by atoms with Crippen LogP contribution in [0.4, 0.5) is 5.69 Å². The first-order chi connectivity index (χ1) is 10.9. The van der Waals surface area contributed by atoms with Crippen molar-refractivity contribution in [3.8, 4) is 5.75 Å². The second-order valence-electron chi connectivity index (χ2n) is 4.79. The molecule has 0 atom stereocenters. The van der Waals surface area contributed by atoms with Gasteiger partial charge >= 0.3 is 5.97 Å². The third kappa shape index (κ3) is 3.85. The summed E-state index contributed by atoms with van der Waals surface area (Å²) in [6, 6.07) is 10.5. The number of nitrogens with one attached hydrogen (secondary N) is 1. The average molecular weight is 313 g/mol. The van der Waals surface area contributed by atoms with Crippen molar-refractivity contribution in [3.05, 3.63) is 59.2 Å². The van der Waals surface area contributed by atoms with Gasteiger partial charge in [0, 0.05) is 0 Å². The van der Waals surface area contributed by atoms with Crippen LogP contribution in [-0.2, 0) is 0 Å². The lowest BCUT2D eigenvalue weighted by atomic mass is 10.1. The molecule has 2 rings (SSSR count). The maximum absolute atomic E-state index is 11.2. The summed E-state index contributed by atoms with van der Waals surface area (Å²) < 4.78 is 0. The van der Waals surface area contributed by atoms with E-state index in [0.29, 0.717) is 17.0 Å².